The van der Waals surface area contributed by atoms with E-state index in [2.05, 4.69) is 27.2 Å². The molecule has 166 valence electrons. The molecule has 0 radical (unpaired) electrons. The van der Waals surface area contributed by atoms with Gasteiger partial charge in [-0.05, 0) is 45.8 Å². The van der Waals surface area contributed by atoms with Crippen LogP contribution in [0.25, 0.3) is 11.6 Å². The van der Waals surface area contributed by atoms with E-state index in [0.717, 1.165) is 18.5 Å². The van der Waals surface area contributed by atoms with E-state index in [4.69, 9.17) is 9.47 Å². The Balaban J connectivity index is 1.82. The van der Waals surface area contributed by atoms with Crippen molar-refractivity contribution in [2.24, 2.45) is 0 Å². The number of anilines is 1. The number of hydrogen-bond acceptors (Lipinski definition) is 6. The third-order valence-corrected chi connectivity index (χ3v) is 5.05. The molecule has 0 saturated carbocycles. The van der Waals surface area contributed by atoms with Crippen LogP contribution < -0.4 is 10.1 Å². The van der Waals surface area contributed by atoms with Crippen LogP contribution in [-0.2, 0) is 9.53 Å². The van der Waals surface area contributed by atoms with Gasteiger partial charge in [0.25, 0.3) is 5.91 Å². The molecule has 2 N–H and O–H groups in total. The van der Waals surface area contributed by atoms with Crippen LogP contribution in [0.1, 0.15) is 80.3 Å². The number of hydrogen-bond donors (Lipinski definition) is 2. The molecular weight excluding hydrogens is 396 g/mol. The van der Waals surface area contributed by atoms with Crippen molar-refractivity contribution in [3.05, 3.63) is 34.9 Å². The number of H-pyrrole nitrogens is 1. The number of aromatic nitrogens is 3. The molecule has 1 amide bonds. The van der Waals surface area contributed by atoms with Crippen molar-refractivity contribution in [2.75, 3.05) is 11.9 Å². The molecule has 2 aromatic rings. The van der Waals surface area contributed by atoms with Crippen LogP contribution in [-0.4, -0.2) is 39.5 Å². The highest BCUT2D eigenvalue weighted by molar-refractivity contribution is 6.34. The quantitative estimate of drug-likeness (QED) is 0.329. The molecule has 0 unspecified atom stereocenters. The topological polar surface area (TPSA) is 106 Å². The third-order valence-electron chi connectivity index (χ3n) is 5.05. The van der Waals surface area contributed by atoms with Gasteiger partial charge in [-0.15, -0.1) is 0 Å². The minimum absolute atomic E-state index is 0.0196. The van der Waals surface area contributed by atoms with Gasteiger partial charge in [0.15, 0.2) is 0 Å². The second kappa shape index (κ2) is 10.2. The summed E-state index contributed by atoms with van der Waals surface area (Å²) in [6.45, 7) is 8.04. The maximum Gasteiger partial charge on any atom is 0.340 e. The van der Waals surface area contributed by atoms with Crippen LogP contribution in [0.2, 0.25) is 0 Å². The Hall–Kier alpha value is -3.16. The van der Waals surface area contributed by atoms with Crippen molar-refractivity contribution < 1.29 is 19.1 Å². The molecule has 0 bridgehead atoms. The fraction of sp³-hybridized carbons (Fsp3) is 0.478. The summed E-state index contributed by atoms with van der Waals surface area (Å²) in [6, 6.07) is 1.94. The highest BCUT2D eigenvalue weighted by atomic mass is 16.5. The lowest BCUT2D eigenvalue weighted by atomic mass is 10.1. The molecule has 1 atom stereocenters. The smallest absolute Gasteiger partial charge is 0.340 e. The molecule has 3 rings (SSSR count). The van der Waals surface area contributed by atoms with Gasteiger partial charge in [-0.25, -0.2) is 9.78 Å². The summed E-state index contributed by atoms with van der Waals surface area (Å²) in [5, 5.41) is 2.76. The van der Waals surface area contributed by atoms with Gasteiger partial charge in [0.1, 0.15) is 5.69 Å². The molecule has 8 heteroatoms. The Morgan fingerprint density at radius 1 is 1.26 bits per heavy atom. The maximum atomic E-state index is 12.6. The monoisotopic (exact) mass is 426 g/mol. The zero-order valence-electron chi connectivity index (χ0n) is 18.6. The first-order chi connectivity index (χ1) is 14.9. The van der Waals surface area contributed by atoms with Crippen molar-refractivity contribution >= 4 is 29.2 Å². The molecule has 0 aliphatic carbocycles. The lowest BCUT2D eigenvalue weighted by molar-refractivity contribution is -0.110. The number of unbranched alkanes of at least 4 members (excludes halogenated alkanes) is 3. The number of ether oxygens (including phenoxy) is 2. The van der Waals surface area contributed by atoms with Crippen molar-refractivity contribution in [2.45, 2.75) is 65.9 Å². The number of carbonyl (C=O) groups excluding carboxylic acids is 2. The summed E-state index contributed by atoms with van der Waals surface area (Å²) < 4.78 is 11.0. The molecule has 1 aliphatic heterocycles. The van der Waals surface area contributed by atoms with Crippen LogP contribution in [0.5, 0.6) is 6.01 Å². The summed E-state index contributed by atoms with van der Waals surface area (Å²) in [4.78, 5) is 36.6. The SMILES string of the molecule is CCCCCC[C@H](C)Oc1ncc2c(n1)/C(=C/c1[nH]c(C)cc1C(=O)OCC)C(=O)N2. The van der Waals surface area contributed by atoms with Crippen LogP contribution in [0.3, 0.4) is 0 Å². The van der Waals surface area contributed by atoms with Gasteiger partial charge < -0.3 is 19.8 Å². The molecule has 8 nitrogen and oxygen atoms in total. The number of carbonyl (C=O) groups is 2. The van der Waals surface area contributed by atoms with Gasteiger partial charge in [-0.1, -0.05) is 26.2 Å². The third kappa shape index (κ3) is 5.51. The molecule has 0 fully saturated rings. The zero-order chi connectivity index (χ0) is 22.4. The fourth-order valence-corrected chi connectivity index (χ4v) is 3.49. The van der Waals surface area contributed by atoms with Gasteiger partial charge in [-0.3, -0.25) is 4.79 Å². The lowest BCUT2D eigenvalue weighted by Gasteiger charge is -2.13. The molecule has 1 aliphatic rings. The Kier molecular flexibility index (Phi) is 7.44. The van der Waals surface area contributed by atoms with E-state index in [1.807, 2.05) is 13.8 Å². The molecule has 0 saturated heterocycles. The van der Waals surface area contributed by atoms with Gasteiger partial charge in [0.2, 0.25) is 0 Å². The predicted octanol–water partition coefficient (Wildman–Crippen LogP) is 4.52. The second-order valence-corrected chi connectivity index (χ2v) is 7.70. The number of rotatable bonds is 10. The van der Waals surface area contributed by atoms with Crippen molar-refractivity contribution in [1.82, 2.24) is 15.0 Å². The highest BCUT2D eigenvalue weighted by Gasteiger charge is 2.28. The average Bonchev–Trinajstić information content (AvgIpc) is 3.25. The van der Waals surface area contributed by atoms with Crippen LogP contribution in [0.4, 0.5) is 5.69 Å². The van der Waals surface area contributed by atoms with Gasteiger partial charge in [0.05, 0.1) is 41.4 Å². The van der Waals surface area contributed by atoms with Crippen LogP contribution in [0.15, 0.2) is 12.3 Å². The number of nitrogens with one attached hydrogen (secondary N) is 2. The summed E-state index contributed by atoms with van der Waals surface area (Å²) in [5.41, 5.74) is 2.97. The van der Waals surface area contributed by atoms with E-state index in [9.17, 15) is 9.59 Å². The first kappa shape index (κ1) is 22.5. The molecule has 3 heterocycles. The van der Waals surface area contributed by atoms with Crippen LogP contribution in [0, 0.1) is 6.92 Å². The van der Waals surface area contributed by atoms with Gasteiger partial charge in [0, 0.05) is 5.69 Å². The maximum absolute atomic E-state index is 12.6. The highest BCUT2D eigenvalue weighted by Crippen LogP contribution is 2.33. The number of esters is 1. The lowest BCUT2D eigenvalue weighted by Crippen LogP contribution is -2.13. The number of amides is 1. The minimum Gasteiger partial charge on any atom is -0.462 e. The number of aryl methyl sites for hydroxylation is 1. The van der Waals surface area contributed by atoms with E-state index in [-0.39, 0.29) is 24.6 Å². The number of aromatic amines is 1. The Morgan fingerprint density at radius 3 is 2.81 bits per heavy atom. The first-order valence-electron chi connectivity index (χ1n) is 10.9. The fourth-order valence-electron chi connectivity index (χ4n) is 3.49. The van der Waals surface area contributed by atoms with Crippen molar-refractivity contribution in [3.8, 4) is 6.01 Å². The summed E-state index contributed by atoms with van der Waals surface area (Å²) in [5.74, 6) is -0.753. The molecule has 31 heavy (non-hydrogen) atoms. The Labute approximate surface area is 182 Å². The summed E-state index contributed by atoms with van der Waals surface area (Å²) in [6.07, 6.45) is 8.75. The van der Waals surface area contributed by atoms with E-state index < -0.39 is 5.97 Å². The standard InChI is InChI=1S/C23H30N4O4/c1-5-7-8-9-10-15(4)31-23-24-13-19-20(27-23)17(21(28)26-19)12-18-16(11-14(3)25-18)22(29)30-6-2/h11-13,15,25H,5-10H2,1-4H3,(H,26,28)/b17-12-/t15-/m0/s1. The van der Waals surface area contributed by atoms with Crippen molar-refractivity contribution in [3.63, 3.8) is 0 Å². The summed E-state index contributed by atoms with van der Waals surface area (Å²) in [7, 11) is 0. The van der Waals surface area contributed by atoms with Crippen molar-refractivity contribution in [1.29, 1.82) is 0 Å². The zero-order valence-corrected chi connectivity index (χ0v) is 18.6. The number of nitrogens with zero attached hydrogens (tertiary/aromatic N) is 2. The largest absolute Gasteiger partial charge is 0.462 e. The van der Waals surface area contributed by atoms with Gasteiger partial charge in [-0.2, -0.15) is 4.98 Å². The van der Waals surface area contributed by atoms with Crippen LogP contribution >= 0.6 is 0 Å². The second-order valence-electron chi connectivity index (χ2n) is 7.70. The van der Waals surface area contributed by atoms with Gasteiger partial charge >= 0.3 is 12.0 Å². The Bertz CT molecular complexity index is 980. The normalized spacial score (nSPS) is 15.0. The first-order valence-corrected chi connectivity index (χ1v) is 10.9. The summed E-state index contributed by atoms with van der Waals surface area (Å²) >= 11 is 0. The van der Waals surface area contributed by atoms with E-state index >= 15 is 0 Å². The van der Waals surface area contributed by atoms with E-state index in [0.29, 0.717) is 28.2 Å². The molecule has 2 aromatic heterocycles. The predicted molar refractivity (Wildman–Crippen MR) is 119 cm³/mol. The minimum atomic E-state index is -0.444. The molecular formula is C23H30N4O4. The number of fused-ring (bicyclic) bond motifs is 1. The molecule has 0 spiro atoms. The average molecular weight is 427 g/mol. The van der Waals surface area contributed by atoms with E-state index in [1.54, 1.807) is 25.3 Å². The molecule has 0 aromatic carbocycles. The Morgan fingerprint density at radius 2 is 2.06 bits per heavy atom. The van der Waals surface area contributed by atoms with E-state index in [1.165, 1.54) is 19.3 Å².